The van der Waals surface area contributed by atoms with Crippen LogP contribution in [-0.4, -0.2) is 43.2 Å². The second kappa shape index (κ2) is 7.45. The molecule has 5 heteroatoms. The summed E-state index contributed by atoms with van der Waals surface area (Å²) in [6, 6.07) is 3.87. The number of amides is 1. The van der Waals surface area contributed by atoms with Crippen LogP contribution in [0.4, 0.5) is 0 Å². The third-order valence-corrected chi connectivity index (χ3v) is 3.67. The highest BCUT2D eigenvalue weighted by molar-refractivity contribution is 5.80. The Hall–Kier alpha value is -1.33. The molecule has 0 spiro atoms. The molecule has 0 radical (unpaired) electrons. The maximum absolute atomic E-state index is 12.6. The topological polar surface area (TPSA) is 54.7 Å². The van der Waals surface area contributed by atoms with E-state index < -0.39 is 0 Å². The van der Waals surface area contributed by atoms with E-state index in [1.807, 2.05) is 24.0 Å². The number of hydrogen-bond donors (Lipinski definition) is 1. The molecule has 1 saturated heterocycles. The van der Waals surface area contributed by atoms with Crippen LogP contribution < -0.4 is 5.32 Å². The lowest BCUT2D eigenvalue weighted by Crippen LogP contribution is -2.45. The minimum absolute atomic E-state index is 0.0866. The van der Waals surface area contributed by atoms with Gasteiger partial charge in [-0.3, -0.25) is 4.79 Å². The van der Waals surface area contributed by atoms with Crippen LogP contribution in [0.2, 0.25) is 0 Å². The van der Waals surface area contributed by atoms with Gasteiger partial charge in [-0.2, -0.15) is 0 Å². The van der Waals surface area contributed by atoms with Gasteiger partial charge in [0.05, 0.1) is 31.9 Å². The molecule has 112 valence electrons. The average molecular weight is 280 g/mol. The summed E-state index contributed by atoms with van der Waals surface area (Å²) >= 11 is 0. The first-order valence-electron chi connectivity index (χ1n) is 7.38. The molecule has 2 heterocycles. The summed E-state index contributed by atoms with van der Waals surface area (Å²) < 4.78 is 10.8. The lowest BCUT2D eigenvalue weighted by Gasteiger charge is -2.26. The predicted octanol–water partition coefficient (Wildman–Crippen LogP) is 1.64. The maximum Gasteiger partial charge on any atom is 0.230 e. The van der Waals surface area contributed by atoms with E-state index in [1.165, 1.54) is 0 Å². The van der Waals surface area contributed by atoms with Gasteiger partial charge in [-0.05, 0) is 32.0 Å². The van der Waals surface area contributed by atoms with Gasteiger partial charge in [0.2, 0.25) is 5.91 Å². The first-order valence-corrected chi connectivity index (χ1v) is 7.38. The number of ether oxygens (including phenoxy) is 1. The van der Waals surface area contributed by atoms with Gasteiger partial charge in [0.25, 0.3) is 0 Å². The molecule has 1 aliphatic heterocycles. The fourth-order valence-electron chi connectivity index (χ4n) is 2.50. The van der Waals surface area contributed by atoms with Gasteiger partial charge < -0.3 is 19.4 Å². The monoisotopic (exact) mass is 280 g/mol. The lowest BCUT2D eigenvalue weighted by atomic mass is 10.0. The molecule has 2 unspecified atom stereocenters. The summed E-state index contributed by atoms with van der Waals surface area (Å²) in [5.41, 5.74) is 0. The quantitative estimate of drug-likeness (QED) is 0.825. The van der Waals surface area contributed by atoms with Crippen LogP contribution in [0, 0.1) is 5.92 Å². The lowest BCUT2D eigenvalue weighted by molar-refractivity contribution is -0.136. The molecule has 1 aromatic heterocycles. The molecule has 1 N–H and O–H groups in total. The predicted molar refractivity (Wildman–Crippen MR) is 76.2 cm³/mol. The van der Waals surface area contributed by atoms with Gasteiger partial charge in [-0.15, -0.1) is 0 Å². The molecule has 20 heavy (non-hydrogen) atoms. The molecule has 1 aliphatic rings. The Labute approximate surface area is 120 Å². The van der Waals surface area contributed by atoms with Crippen LogP contribution in [0.5, 0.6) is 0 Å². The number of nitrogens with one attached hydrogen (secondary N) is 1. The Bertz CT molecular complexity index is 405. The maximum atomic E-state index is 12.6. The second-order valence-electron chi connectivity index (χ2n) is 5.14. The second-order valence-corrected chi connectivity index (χ2v) is 5.14. The van der Waals surface area contributed by atoms with Crippen molar-refractivity contribution in [3.8, 4) is 0 Å². The Morgan fingerprint density at radius 1 is 1.45 bits per heavy atom. The molecule has 1 amide bonds. The molecular weight excluding hydrogens is 256 g/mol. The van der Waals surface area contributed by atoms with Crippen LogP contribution >= 0.6 is 0 Å². The first kappa shape index (κ1) is 15.1. The standard InChI is InChI=1S/C15H24N2O3/c1-3-7-16-14-11-19-10-13(14)15(18)17(4-2)9-12-6-5-8-20-12/h5-6,8,13-14,16H,3-4,7,9-11H2,1-2H3. The molecule has 1 aromatic rings. The molecule has 0 aliphatic carbocycles. The number of rotatable bonds is 7. The fourth-order valence-corrected chi connectivity index (χ4v) is 2.50. The van der Waals surface area contributed by atoms with Gasteiger partial charge in [0.15, 0.2) is 0 Å². The molecular formula is C15H24N2O3. The minimum Gasteiger partial charge on any atom is -0.467 e. The Morgan fingerprint density at radius 3 is 2.95 bits per heavy atom. The van der Waals surface area contributed by atoms with Crippen molar-refractivity contribution in [2.75, 3.05) is 26.3 Å². The van der Waals surface area contributed by atoms with E-state index in [4.69, 9.17) is 9.15 Å². The van der Waals surface area contributed by atoms with Crippen LogP contribution in [0.15, 0.2) is 22.8 Å². The summed E-state index contributed by atoms with van der Waals surface area (Å²) in [4.78, 5) is 14.5. The van der Waals surface area contributed by atoms with E-state index in [0.717, 1.165) is 18.7 Å². The number of carbonyl (C=O) groups excluding carboxylic acids is 1. The summed E-state index contributed by atoms with van der Waals surface area (Å²) in [5, 5.41) is 3.40. The van der Waals surface area contributed by atoms with Crippen molar-refractivity contribution in [2.24, 2.45) is 5.92 Å². The van der Waals surface area contributed by atoms with E-state index in [0.29, 0.717) is 26.3 Å². The Balaban J connectivity index is 1.96. The molecule has 5 nitrogen and oxygen atoms in total. The minimum atomic E-state index is -0.0866. The Kier molecular flexibility index (Phi) is 5.61. The van der Waals surface area contributed by atoms with Crippen molar-refractivity contribution < 1.29 is 13.9 Å². The first-order chi connectivity index (χ1) is 9.76. The van der Waals surface area contributed by atoms with E-state index in [2.05, 4.69) is 12.2 Å². The number of hydrogen-bond acceptors (Lipinski definition) is 4. The van der Waals surface area contributed by atoms with Crippen molar-refractivity contribution in [2.45, 2.75) is 32.9 Å². The summed E-state index contributed by atoms with van der Waals surface area (Å²) in [5.74, 6) is 0.878. The largest absolute Gasteiger partial charge is 0.467 e. The zero-order valence-corrected chi connectivity index (χ0v) is 12.3. The highest BCUT2D eigenvalue weighted by Gasteiger charge is 2.35. The van der Waals surface area contributed by atoms with Crippen molar-refractivity contribution >= 4 is 5.91 Å². The summed E-state index contributed by atoms with van der Waals surface area (Å²) in [6.45, 7) is 7.36. The van der Waals surface area contributed by atoms with Crippen molar-refractivity contribution in [3.05, 3.63) is 24.2 Å². The molecule has 0 aromatic carbocycles. The van der Waals surface area contributed by atoms with Crippen molar-refractivity contribution in [1.29, 1.82) is 0 Å². The fraction of sp³-hybridized carbons (Fsp3) is 0.667. The number of furan rings is 1. The molecule has 1 fully saturated rings. The van der Waals surface area contributed by atoms with Gasteiger partial charge in [0.1, 0.15) is 5.76 Å². The van der Waals surface area contributed by atoms with Crippen molar-refractivity contribution in [1.82, 2.24) is 10.2 Å². The van der Waals surface area contributed by atoms with Crippen molar-refractivity contribution in [3.63, 3.8) is 0 Å². The van der Waals surface area contributed by atoms with Gasteiger partial charge >= 0.3 is 0 Å². The van der Waals surface area contributed by atoms with Gasteiger partial charge in [0, 0.05) is 12.6 Å². The average Bonchev–Trinajstić information content (AvgIpc) is 3.12. The third kappa shape index (κ3) is 3.61. The highest BCUT2D eigenvalue weighted by Crippen LogP contribution is 2.18. The van der Waals surface area contributed by atoms with Gasteiger partial charge in [-0.25, -0.2) is 0 Å². The zero-order valence-electron chi connectivity index (χ0n) is 12.3. The van der Waals surface area contributed by atoms with E-state index in [1.54, 1.807) is 6.26 Å². The van der Waals surface area contributed by atoms with Crippen LogP contribution in [0.1, 0.15) is 26.0 Å². The van der Waals surface area contributed by atoms with E-state index in [-0.39, 0.29) is 17.9 Å². The smallest absolute Gasteiger partial charge is 0.230 e. The molecule has 2 atom stereocenters. The van der Waals surface area contributed by atoms with Crippen LogP contribution in [-0.2, 0) is 16.1 Å². The van der Waals surface area contributed by atoms with Crippen LogP contribution in [0.25, 0.3) is 0 Å². The summed E-state index contributed by atoms with van der Waals surface area (Å²) in [7, 11) is 0. The summed E-state index contributed by atoms with van der Waals surface area (Å²) in [6.07, 6.45) is 2.69. The SMILES string of the molecule is CCCNC1COCC1C(=O)N(CC)Cc1ccco1. The molecule has 2 rings (SSSR count). The van der Waals surface area contributed by atoms with Gasteiger partial charge in [-0.1, -0.05) is 6.92 Å². The molecule has 0 saturated carbocycles. The van der Waals surface area contributed by atoms with Crippen LogP contribution in [0.3, 0.4) is 0 Å². The normalized spacial score (nSPS) is 22.1. The molecule has 0 bridgehead atoms. The third-order valence-electron chi connectivity index (χ3n) is 3.67. The zero-order chi connectivity index (χ0) is 14.4. The van der Waals surface area contributed by atoms with E-state index in [9.17, 15) is 4.79 Å². The number of nitrogens with zero attached hydrogens (tertiary/aromatic N) is 1. The van der Waals surface area contributed by atoms with E-state index >= 15 is 0 Å². The Morgan fingerprint density at radius 2 is 2.30 bits per heavy atom. The number of carbonyl (C=O) groups is 1. The highest BCUT2D eigenvalue weighted by atomic mass is 16.5.